The van der Waals surface area contributed by atoms with Crippen molar-refractivity contribution < 1.29 is 13.2 Å². The van der Waals surface area contributed by atoms with Crippen LogP contribution in [0.1, 0.15) is 45.6 Å². The Balaban J connectivity index is 2.03. The molecule has 4 atom stereocenters. The third-order valence-electron chi connectivity index (χ3n) is 5.85. The van der Waals surface area contributed by atoms with Gasteiger partial charge in [-0.05, 0) is 57.7 Å². The van der Waals surface area contributed by atoms with Gasteiger partial charge in [0, 0.05) is 11.5 Å². The van der Waals surface area contributed by atoms with Crippen LogP contribution < -0.4 is 0 Å². The fraction of sp³-hybridized carbons (Fsp3) is 0.600. The van der Waals surface area contributed by atoms with E-state index in [2.05, 4.69) is 13.5 Å². The molecule has 0 radical (unpaired) electrons. The first-order valence-electron chi connectivity index (χ1n) is 9.07. The second-order valence-corrected chi connectivity index (χ2v) is 9.91. The number of sulfonamides is 1. The summed E-state index contributed by atoms with van der Waals surface area (Å²) in [4.78, 5) is 0.309. The van der Waals surface area contributed by atoms with Crippen LogP contribution in [0.4, 0.5) is 0 Å². The monoisotopic (exact) mass is 363 g/mol. The van der Waals surface area contributed by atoms with Gasteiger partial charge >= 0.3 is 0 Å². The number of fused-ring (bicyclic) bond motifs is 1. The highest BCUT2D eigenvalue weighted by atomic mass is 32.2. The molecule has 1 aliphatic carbocycles. The Morgan fingerprint density at radius 3 is 2.48 bits per heavy atom. The van der Waals surface area contributed by atoms with Crippen LogP contribution in [0.2, 0.25) is 0 Å². The van der Waals surface area contributed by atoms with E-state index in [0.717, 1.165) is 24.8 Å². The van der Waals surface area contributed by atoms with Crippen LogP contribution in [-0.4, -0.2) is 30.6 Å². The molecule has 1 aromatic rings. The summed E-state index contributed by atoms with van der Waals surface area (Å²) in [6, 6.07) is 7.02. The Bertz CT molecular complexity index is 739. The molecule has 138 valence electrons. The second kappa shape index (κ2) is 6.53. The van der Waals surface area contributed by atoms with Crippen LogP contribution in [0.5, 0.6) is 0 Å². The van der Waals surface area contributed by atoms with Gasteiger partial charge in [0.05, 0.1) is 11.0 Å². The number of benzene rings is 1. The molecule has 4 unspecified atom stereocenters. The minimum Gasteiger partial charge on any atom is -0.355 e. The second-order valence-electron chi connectivity index (χ2n) is 8.09. The van der Waals surface area contributed by atoms with E-state index in [9.17, 15) is 8.42 Å². The third-order valence-corrected chi connectivity index (χ3v) is 7.92. The number of ether oxygens (including phenoxy) is 1. The molecule has 1 aliphatic heterocycles. The van der Waals surface area contributed by atoms with Crippen molar-refractivity contribution in [1.82, 2.24) is 4.31 Å². The van der Waals surface area contributed by atoms with E-state index < -0.39 is 21.8 Å². The first-order valence-corrected chi connectivity index (χ1v) is 10.5. The molecule has 3 rings (SSSR count). The molecular formula is C20H29NO3S. The Kier molecular flexibility index (Phi) is 4.86. The minimum atomic E-state index is -3.67. The van der Waals surface area contributed by atoms with Gasteiger partial charge in [0.1, 0.15) is 6.23 Å². The summed E-state index contributed by atoms with van der Waals surface area (Å²) in [5.41, 5.74) is 0.515. The summed E-state index contributed by atoms with van der Waals surface area (Å²) in [7, 11) is -3.67. The summed E-state index contributed by atoms with van der Waals surface area (Å²) in [6.45, 7) is 12.1. The van der Waals surface area contributed by atoms with E-state index in [1.165, 1.54) is 4.31 Å². The molecule has 4 nitrogen and oxygen atoms in total. The maximum Gasteiger partial charge on any atom is 0.246 e. The summed E-state index contributed by atoms with van der Waals surface area (Å²) in [5.74, 6) is 0.808. The predicted molar refractivity (Wildman–Crippen MR) is 99.6 cm³/mol. The summed E-state index contributed by atoms with van der Waals surface area (Å²) in [6.07, 6.45) is 4.16. The van der Waals surface area contributed by atoms with Crippen LogP contribution in [0.25, 0.3) is 0 Å². The lowest BCUT2D eigenvalue weighted by Gasteiger charge is -2.55. The first-order chi connectivity index (χ1) is 11.7. The Hall–Kier alpha value is -1.17. The van der Waals surface area contributed by atoms with Crippen LogP contribution in [0.3, 0.4) is 0 Å². The third kappa shape index (κ3) is 3.18. The van der Waals surface area contributed by atoms with Gasteiger partial charge in [0.25, 0.3) is 0 Å². The zero-order valence-corrected chi connectivity index (χ0v) is 16.4. The molecule has 0 N–H and O–H groups in total. The lowest BCUT2D eigenvalue weighted by atomic mass is 9.70. The Morgan fingerprint density at radius 2 is 1.88 bits per heavy atom. The van der Waals surface area contributed by atoms with Crippen LogP contribution in [0.15, 0.2) is 41.8 Å². The lowest BCUT2D eigenvalue weighted by Crippen LogP contribution is -2.65. The SMILES string of the molecule is C=CC1OC2CC(C)CCC2C(C)(C)N1S(=O)(=O)c1ccc(C)cc1. The van der Waals surface area contributed by atoms with E-state index in [0.29, 0.717) is 10.8 Å². The van der Waals surface area contributed by atoms with E-state index in [1.807, 2.05) is 32.9 Å². The smallest absolute Gasteiger partial charge is 0.246 e. The van der Waals surface area contributed by atoms with Gasteiger partial charge in [-0.15, -0.1) is 0 Å². The number of hydrogen-bond donors (Lipinski definition) is 0. The fourth-order valence-corrected chi connectivity index (χ4v) is 6.31. The maximum atomic E-state index is 13.4. The van der Waals surface area contributed by atoms with Crippen LogP contribution in [0, 0.1) is 18.8 Å². The van der Waals surface area contributed by atoms with Crippen molar-refractivity contribution in [2.45, 2.75) is 69.7 Å². The van der Waals surface area contributed by atoms with Gasteiger partial charge in [-0.25, -0.2) is 8.42 Å². The van der Waals surface area contributed by atoms with Gasteiger partial charge in [0.15, 0.2) is 0 Å². The maximum absolute atomic E-state index is 13.4. The first kappa shape index (κ1) is 18.6. The van der Waals surface area contributed by atoms with Crippen molar-refractivity contribution in [2.24, 2.45) is 11.8 Å². The minimum absolute atomic E-state index is 0.0891. The number of aryl methyl sites for hydroxylation is 1. The van der Waals surface area contributed by atoms with E-state index in [1.54, 1.807) is 18.2 Å². The normalized spacial score (nSPS) is 32.8. The van der Waals surface area contributed by atoms with Crippen molar-refractivity contribution in [3.05, 3.63) is 42.5 Å². The number of hydrogen-bond acceptors (Lipinski definition) is 3. The summed E-state index contributed by atoms with van der Waals surface area (Å²) < 4.78 is 34.6. The van der Waals surface area contributed by atoms with Crippen molar-refractivity contribution >= 4 is 10.0 Å². The average Bonchev–Trinajstić information content (AvgIpc) is 2.53. The topological polar surface area (TPSA) is 46.6 Å². The molecule has 1 heterocycles. The molecule has 1 aromatic carbocycles. The fourth-order valence-electron chi connectivity index (χ4n) is 4.43. The summed E-state index contributed by atoms with van der Waals surface area (Å²) in [5, 5.41) is 0. The molecule has 25 heavy (non-hydrogen) atoms. The Morgan fingerprint density at radius 1 is 1.24 bits per heavy atom. The van der Waals surface area contributed by atoms with Gasteiger partial charge < -0.3 is 4.74 Å². The molecule has 5 heteroatoms. The predicted octanol–water partition coefficient (Wildman–Crippen LogP) is 4.11. The molecule has 1 saturated carbocycles. The quantitative estimate of drug-likeness (QED) is 0.759. The van der Waals surface area contributed by atoms with Crippen molar-refractivity contribution in [1.29, 1.82) is 0 Å². The lowest BCUT2D eigenvalue weighted by molar-refractivity contribution is -0.182. The largest absolute Gasteiger partial charge is 0.355 e. The number of rotatable bonds is 3. The van der Waals surface area contributed by atoms with Gasteiger partial charge in [-0.3, -0.25) is 0 Å². The van der Waals surface area contributed by atoms with Crippen LogP contribution in [-0.2, 0) is 14.8 Å². The van der Waals surface area contributed by atoms with Crippen molar-refractivity contribution in [3.63, 3.8) is 0 Å². The molecule has 2 aliphatic rings. The molecule has 2 fully saturated rings. The molecule has 0 spiro atoms. The zero-order chi connectivity index (χ0) is 18.4. The highest BCUT2D eigenvalue weighted by Gasteiger charge is 2.54. The van der Waals surface area contributed by atoms with E-state index in [-0.39, 0.29) is 12.0 Å². The molecule has 0 bridgehead atoms. The van der Waals surface area contributed by atoms with Gasteiger partial charge in [-0.1, -0.05) is 37.6 Å². The highest BCUT2D eigenvalue weighted by molar-refractivity contribution is 7.89. The highest BCUT2D eigenvalue weighted by Crippen LogP contribution is 2.47. The standard InChI is InChI=1S/C20H29NO3S/c1-6-19-21(25(22,23)16-10-7-14(2)8-11-16)20(4,5)17-12-9-15(3)13-18(17)24-19/h6-8,10-11,15,17-19H,1,9,12-13H2,2-5H3. The van der Waals surface area contributed by atoms with Crippen molar-refractivity contribution in [2.75, 3.05) is 0 Å². The zero-order valence-electron chi connectivity index (χ0n) is 15.6. The summed E-state index contributed by atoms with van der Waals surface area (Å²) >= 11 is 0. The molecule has 0 amide bonds. The Labute approximate surface area is 151 Å². The molecule has 0 aromatic heterocycles. The average molecular weight is 364 g/mol. The number of nitrogens with zero attached hydrogens (tertiary/aromatic N) is 1. The van der Waals surface area contributed by atoms with Gasteiger partial charge in [0.2, 0.25) is 10.0 Å². The van der Waals surface area contributed by atoms with Gasteiger partial charge in [-0.2, -0.15) is 4.31 Å². The van der Waals surface area contributed by atoms with E-state index in [4.69, 9.17) is 4.74 Å². The van der Waals surface area contributed by atoms with E-state index >= 15 is 0 Å². The molecule has 1 saturated heterocycles. The molecular weight excluding hydrogens is 334 g/mol. The van der Waals surface area contributed by atoms with Crippen molar-refractivity contribution in [3.8, 4) is 0 Å². The van der Waals surface area contributed by atoms with Crippen LogP contribution >= 0.6 is 0 Å².